The minimum Gasteiger partial charge on any atom is -0.424 e. The standard InChI is InChI=1S/C11H11BrFN3O/c1-6-3-8(12)9(13)4-10(6)14-5-11-16-15-7(2)17-11/h3-4,14H,5H2,1-2H3. The van der Waals surface area contributed by atoms with Crippen LogP contribution in [0.4, 0.5) is 10.1 Å². The van der Waals surface area contributed by atoms with E-state index in [9.17, 15) is 4.39 Å². The quantitative estimate of drug-likeness (QED) is 0.945. The van der Waals surface area contributed by atoms with Crippen molar-refractivity contribution in [3.8, 4) is 0 Å². The van der Waals surface area contributed by atoms with Crippen LogP contribution in [0.1, 0.15) is 17.3 Å². The number of anilines is 1. The van der Waals surface area contributed by atoms with Crippen molar-refractivity contribution in [2.45, 2.75) is 20.4 Å². The molecule has 0 radical (unpaired) electrons. The van der Waals surface area contributed by atoms with Crippen LogP contribution in [0.15, 0.2) is 21.0 Å². The van der Waals surface area contributed by atoms with Gasteiger partial charge in [-0.3, -0.25) is 0 Å². The summed E-state index contributed by atoms with van der Waals surface area (Å²) in [6, 6.07) is 3.15. The number of nitrogens with zero attached hydrogens (tertiary/aromatic N) is 2. The van der Waals surface area contributed by atoms with E-state index < -0.39 is 0 Å². The fourth-order valence-electron chi connectivity index (χ4n) is 1.42. The summed E-state index contributed by atoms with van der Waals surface area (Å²) in [5.74, 6) is 0.686. The summed E-state index contributed by atoms with van der Waals surface area (Å²) in [6.07, 6.45) is 0. The third kappa shape index (κ3) is 2.82. The van der Waals surface area contributed by atoms with Crippen LogP contribution in [0.5, 0.6) is 0 Å². The highest BCUT2D eigenvalue weighted by atomic mass is 79.9. The molecule has 0 aliphatic heterocycles. The van der Waals surface area contributed by atoms with Gasteiger partial charge in [0, 0.05) is 12.6 Å². The van der Waals surface area contributed by atoms with Gasteiger partial charge in [-0.2, -0.15) is 0 Å². The minimum atomic E-state index is -0.306. The van der Waals surface area contributed by atoms with Gasteiger partial charge in [0.25, 0.3) is 0 Å². The van der Waals surface area contributed by atoms with E-state index in [2.05, 4.69) is 31.4 Å². The molecule has 2 aromatic rings. The minimum absolute atomic E-state index is 0.306. The number of aryl methyl sites for hydroxylation is 2. The summed E-state index contributed by atoms with van der Waals surface area (Å²) in [7, 11) is 0. The van der Waals surface area contributed by atoms with Crippen LogP contribution in [0, 0.1) is 19.7 Å². The van der Waals surface area contributed by atoms with Gasteiger partial charge in [0.05, 0.1) is 11.0 Å². The van der Waals surface area contributed by atoms with Crippen molar-refractivity contribution >= 4 is 21.6 Å². The average Bonchev–Trinajstić information content (AvgIpc) is 2.68. The van der Waals surface area contributed by atoms with E-state index in [0.29, 0.717) is 28.5 Å². The molecular weight excluding hydrogens is 289 g/mol. The summed E-state index contributed by atoms with van der Waals surface area (Å²) in [5.41, 5.74) is 1.65. The predicted molar refractivity (Wildman–Crippen MR) is 65.2 cm³/mol. The Bertz CT molecular complexity index is 542. The zero-order chi connectivity index (χ0) is 12.4. The Morgan fingerprint density at radius 3 is 2.76 bits per heavy atom. The van der Waals surface area contributed by atoms with Gasteiger partial charge >= 0.3 is 0 Å². The smallest absolute Gasteiger partial charge is 0.235 e. The Balaban J connectivity index is 2.11. The summed E-state index contributed by atoms with van der Waals surface area (Å²) in [4.78, 5) is 0. The summed E-state index contributed by atoms with van der Waals surface area (Å²) < 4.78 is 19.0. The molecule has 1 N–H and O–H groups in total. The van der Waals surface area contributed by atoms with E-state index in [-0.39, 0.29) is 5.82 Å². The first-order valence-corrected chi connectivity index (χ1v) is 5.84. The SMILES string of the molecule is Cc1nnc(CNc2cc(F)c(Br)cc2C)o1. The van der Waals surface area contributed by atoms with Crippen LogP contribution in [0.2, 0.25) is 0 Å². The Kier molecular flexibility index (Phi) is 3.42. The predicted octanol–water partition coefficient (Wildman–Crippen LogP) is 3.20. The number of aromatic nitrogens is 2. The van der Waals surface area contributed by atoms with Crippen LogP contribution < -0.4 is 5.32 Å². The highest BCUT2D eigenvalue weighted by Crippen LogP contribution is 2.24. The lowest BCUT2D eigenvalue weighted by Gasteiger charge is -2.08. The van der Waals surface area contributed by atoms with Crippen LogP contribution in [0.3, 0.4) is 0 Å². The molecule has 0 amide bonds. The third-order valence-corrected chi connectivity index (χ3v) is 2.87. The average molecular weight is 300 g/mol. The van der Waals surface area contributed by atoms with Gasteiger partial charge in [-0.1, -0.05) is 0 Å². The fraction of sp³-hybridized carbons (Fsp3) is 0.273. The topological polar surface area (TPSA) is 51.0 Å². The molecule has 4 nitrogen and oxygen atoms in total. The van der Waals surface area contributed by atoms with Crippen LogP contribution in [0.25, 0.3) is 0 Å². The second-order valence-corrected chi connectivity index (χ2v) is 4.50. The maximum Gasteiger partial charge on any atom is 0.235 e. The second kappa shape index (κ2) is 4.83. The summed E-state index contributed by atoms with van der Waals surface area (Å²) in [5, 5.41) is 10.6. The molecule has 90 valence electrons. The zero-order valence-corrected chi connectivity index (χ0v) is 11.0. The van der Waals surface area contributed by atoms with Crippen molar-refractivity contribution in [3.05, 3.63) is 39.8 Å². The zero-order valence-electron chi connectivity index (χ0n) is 9.42. The van der Waals surface area contributed by atoms with E-state index in [0.717, 1.165) is 5.56 Å². The van der Waals surface area contributed by atoms with E-state index in [1.807, 2.05) is 6.92 Å². The van der Waals surface area contributed by atoms with Crippen LogP contribution in [-0.4, -0.2) is 10.2 Å². The van der Waals surface area contributed by atoms with E-state index in [1.54, 1.807) is 13.0 Å². The molecule has 2 rings (SSSR count). The second-order valence-electron chi connectivity index (χ2n) is 3.65. The molecule has 0 bridgehead atoms. The molecule has 0 unspecified atom stereocenters. The number of hydrogen-bond donors (Lipinski definition) is 1. The Hall–Kier alpha value is -1.43. The van der Waals surface area contributed by atoms with Crippen molar-refractivity contribution in [2.24, 2.45) is 0 Å². The maximum atomic E-state index is 13.4. The molecule has 0 spiro atoms. The summed E-state index contributed by atoms with van der Waals surface area (Å²) >= 11 is 3.14. The van der Waals surface area contributed by atoms with Gasteiger partial charge in [0.1, 0.15) is 5.82 Å². The highest BCUT2D eigenvalue weighted by Gasteiger charge is 2.07. The van der Waals surface area contributed by atoms with Crippen LogP contribution >= 0.6 is 15.9 Å². The van der Waals surface area contributed by atoms with Gasteiger partial charge in [-0.15, -0.1) is 10.2 Å². The first-order valence-electron chi connectivity index (χ1n) is 5.05. The van der Waals surface area contributed by atoms with Crippen molar-refractivity contribution in [3.63, 3.8) is 0 Å². The lowest BCUT2D eigenvalue weighted by molar-refractivity contribution is 0.474. The number of rotatable bonds is 3. The van der Waals surface area contributed by atoms with E-state index in [4.69, 9.17) is 4.42 Å². The first-order chi connectivity index (χ1) is 8.06. The molecular formula is C11H11BrFN3O. The molecule has 1 aromatic carbocycles. The number of hydrogen-bond acceptors (Lipinski definition) is 4. The molecule has 0 aliphatic carbocycles. The molecule has 0 saturated heterocycles. The van der Waals surface area contributed by atoms with Crippen LogP contribution in [-0.2, 0) is 6.54 Å². The first kappa shape index (κ1) is 12.0. The monoisotopic (exact) mass is 299 g/mol. The summed E-state index contributed by atoms with van der Waals surface area (Å²) in [6.45, 7) is 4.00. The van der Waals surface area contributed by atoms with Crippen molar-refractivity contribution < 1.29 is 8.81 Å². The van der Waals surface area contributed by atoms with Gasteiger partial charge in [0.2, 0.25) is 11.8 Å². The van der Waals surface area contributed by atoms with Gasteiger partial charge < -0.3 is 9.73 Å². The number of benzene rings is 1. The molecule has 17 heavy (non-hydrogen) atoms. The normalized spacial score (nSPS) is 10.6. The van der Waals surface area contributed by atoms with E-state index in [1.165, 1.54) is 6.07 Å². The van der Waals surface area contributed by atoms with Gasteiger partial charge in [-0.05, 0) is 40.5 Å². The van der Waals surface area contributed by atoms with Crippen molar-refractivity contribution in [1.82, 2.24) is 10.2 Å². The Morgan fingerprint density at radius 1 is 1.35 bits per heavy atom. The Morgan fingerprint density at radius 2 is 2.12 bits per heavy atom. The molecule has 0 fully saturated rings. The highest BCUT2D eigenvalue weighted by molar-refractivity contribution is 9.10. The number of halogens is 2. The van der Waals surface area contributed by atoms with Crippen molar-refractivity contribution in [1.29, 1.82) is 0 Å². The lowest BCUT2D eigenvalue weighted by Crippen LogP contribution is -2.02. The molecule has 0 aliphatic rings. The molecule has 1 aromatic heterocycles. The fourth-order valence-corrected chi connectivity index (χ4v) is 1.87. The van der Waals surface area contributed by atoms with Gasteiger partial charge in [-0.25, -0.2) is 4.39 Å². The van der Waals surface area contributed by atoms with E-state index >= 15 is 0 Å². The molecule has 0 saturated carbocycles. The molecule has 6 heteroatoms. The molecule has 0 atom stereocenters. The third-order valence-electron chi connectivity index (χ3n) is 2.27. The lowest BCUT2D eigenvalue weighted by atomic mass is 10.2. The molecule has 1 heterocycles. The largest absolute Gasteiger partial charge is 0.424 e. The maximum absolute atomic E-state index is 13.4. The Labute approximate surface area is 106 Å². The number of nitrogens with one attached hydrogen (secondary N) is 1. The van der Waals surface area contributed by atoms with Crippen molar-refractivity contribution in [2.75, 3.05) is 5.32 Å². The van der Waals surface area contributed by atoms with Gasteiger partial charge in [0.15, 0.2) is 0 Å².